The first-order chi connectivity index (χ1) is 4.50. The van der Waals surface area contributed by atoms with Crippen LogP contribution in [0.15, 0.2) is 0 Å². The molecule has 10 heavy (non-hydrogen) atoms. The molecule has 1 aliphatic rings. The SMILES string of the molecule is NS(=O)(=O)[C@@H]1CC[C@H](O)C1. The minimum absolute atomic E-state index is 0.304. The summed E-state index contributed by atoms with van der Waals surface area (Å²) in [7, 11) is -3.40. The number of hydrogen-bond donors (Lipinski definition) is 2. The molecule has 1 saturated carbocycles. The summed E-state index contributed by atoms with van der Waals surface area (Å²) in [5, 5.41) is 13.3. The summed E-state index contributed by atoms with van der Waals surface area (Å²) < 4.78 is 21.3. The van der Waals surface area contributed by atoms with Crippen LogP contribution in [0.3, 0.4) is 0 Å². The molecule has 1 rings (SSSR count). The Balaban J connectivity index is 2.62. The molecule has 0 aliphatic heterocycles. The third kappa shape index (κ3) is 1.68. The van der Waals surface area contributed by atoms with Crippen LogP contribution >= 0.6 is 0 Å². The Morgan fingerprint density at radius 1 is 1.40 bits per heavy atom. The molecule has 2 atom stereocenters. The van der Waals surface area contributed by atoms with Crippen LogP contribution in [0.5, 0.6) is 0 Å². The molecule has 0 spiro atoms. The standard InChI is InChI=1S/C5H11NO3S/c6-10(8,9)5-2-1-4(7)3-5/h4-5,7H,1-3H2,(H2,6,8,9)/t4-,5+/m0/s1. The summed E-state index contributed by atoms with van der Waals surface area (Å²) in [4.78, 5) is 0. The van der Waals surface area contributed by atoms with Gasteiger partial charge in [-0.3, -0.25) is 0 Å². The molecule has 0 aromatic rings. The van der Waals surface area contributed by atoms with E-state index in [-0.39, 0.29) is 0 Å². The van der Waals surface area contributed by atoms with Gasteiger partial charge in [0.2, 0.25) is 10.0 Å². The zero-order chi connectivity index (χ0) is 7.78. The molecular formula is C5H11NO3S. The first-order valence-corrected chi connectivity index (χ1v) is 4.81. The van der Waals surface area contributed by atoms with E-state index in [1.165, 1.54) is 0 Å². The second-order valence-corrected chi connectivity index (χ2v) is 4.52. The maximum Gasteiger partial charge on any atom is 0.212 e. The largest absolute Gasteiger partial charge is 0.393 e. The molecule has 0 unspecified atom stereocenters. The van der Waals surface area contributed by atoms with E-state index in [1.807, 2.05) is 0 Å². The number of primary sulfonamides is 1. The van der Waals surface area contributed by atoms with Crippen molar-refractivity contribution in [2.24, 2.45) is 5.14 Å². The average Bonchev–Trinajstić information content (AvgIpc) is 2.11. The van der Waals surface area contributed by atoms with Crippen molar-refractivity contribution in [3.63, 3.8) is 0 Å². The summed E-state index contributed by atoms with van der Waals surface area (Å²) in [6.07, 6.45) is 0.892. The lowest BCUT2D eigenvalue weighted by Crippen LogP contribution is -2.26. The third-order valence-corrected chi connectivity index (χ3v) is 3.18. The molecule has 0 radical (unpaired) electrons. The third-order valence-electron chi connectivity index (χ3n) is 1.82. The number of rotatable bonds is 1. The summed E-state index contributed by atoms with van der Waals surface area (Å²) >= 11 is 0. The van der Waals surface area contributed by atoms with Crippen molar-refractivity contribution in [2.75, 3.05) is 0 Å². The van der Waals surface area contributed by atoms with Gasteiger partial charge < -0.3 is 5.11 Å². The van der Waals surface area contributed by atoms with Crippen LogP contribution in [-0.4, -0.2) is 24.9 Å². The summed E-state index contributed by atoms with van der Waals surface area (Å²) in [5.74, 6) is 0. The molecule has 0 aromatic heterocycles. The van der Waals surface area contributed by atoms with E-state index in [0.29, 0.717) is 19.3 Å². The summed E-state index contributed by atoms with van der Waals surface area (Å²) in [6, 6.07) is 0. The van der Waals surface area contributed by atoms with Crippen LogP contribution in [-0.2, 0) is 10.0 Å². The van der Waals surface area contributed by atoms with Gasteiger partial charge in [-0.2, -0.15) is 0 Å². The summed E-state index contributed by atoms with van der Waals surface area (Å²) in [5.41, 5.74) is 0. The highest BCUT2D eigenvalue weighted by atomic mass is 32.2. The quantitative estimate of drug-likeness (QED) is 0.533. The van der Waals surface area contributed by atoms with Gasteiger partial charge in [-0.05, 0) is 19.3 Å². The van der Waals surface area contributed by atoms with E-state index in [9.17, 15) is 8.42 Å². The number of aliphatic hydroxyl groups excluding tert-OH is 1. The molecule has 0 amide bonds. The molecule has 0 aromatic carbocycles. The maximum absolute atomic E-state index is 10.6. The number of hydrogen-bond acceptors (Lipinski definition) is 3. The highest BCUT2D eigenvalue weighted by molar-refractivity contribution is 7.89. The van der Waals surface area contributed by atoms with E-state index in [1.54, 1.807) is 0 Å². The molecule has 5 heteroatoms. The van der Waals surface area contributed by atoms with E-state index in [4.69, 9.17) is 10.2 Å². The van der Waals surface area contributed by atoms with E-state index in [2.05, 4.69) is 0 Å². The van der Waals surface area contributed by atoms with Gasteiger partial charge in [0.05, 0.1) is 11.4 Å². The van der Waals surface area contributed by atoms with Crippen LogP contribution in [0.2, 0.25) is 0 Å². The zero-order valence-corrected chi connectivity index (χ0v) is 6.34. The Kier molecular flexibility index (Phi) is 1.98. The van der Waals surface area contributed by atoms with Crippen molar-refractivity contribution in [2.45, 2.75) is 30.6 Å². The van der Waals surface area contributed by atoms with Gasteiger partial charge in [0.15, 0.2) is 0 Å². The molecule has 0 heterocycles. The van der Waals surface area contributed by atoms with E-state index >= 15 is 0 Å². The Bertz CT molecular complexity index is 211. The van der Waals surface area contributed by atoms with E-state index in [0.717, 1.165) is 0 Å². The van der Waals surface area contributed by atoms with Crippen molar-refractivity contribution in [3.8, 4) is 0 Å². The topological polar surface area (TPSA) is 80.4 Å². The smallest absolute Gasteiger partial charge is 0.212 e. The van der Waals surface area contributed by atoms with Gasteiger partial charge in [-0.25, -0.2) is 13.6 Å². The van der Waals surface area contributed by atoms with Gasteiger partial charge in [0.25, 0.3) is 0 Å². The Labute approximate surface area is 60.1 Å². The molecule has 3 N–H and O–H groups in total. The fourth-order valence-electron chi connectivity index (χ4n) is 1.22. The molecule has 0 saturated heterocycles. The van der Waals surface area contributed by atoms with Gasteiger partial charge in [-0.15, -0.1) is 0 Å². The second kappa shape index (κ2) is 2.48. The molecule has 1 aliphatic carbocycles. The Morgan fingerprint density at radius 2 is 2.00 bits per heavy atom. The van der Waals surface area contributed by atoms with E-state index < -0.39 is 21.4 Å². The van der Waals surface area contributed by atoms with Crippen molar-refractivity contribution >= 4 is 10.0 Å². The van der Waals surface area contributed by atoms with Crippen LogP contribution in [0.25, 0.3) is 0 Å². The van der Waals surface area contributed by atoms with Crippen LogP contribution in [0, 0.1) is 0 Å². The van der Waals surface area contributed by atoms with Gasteiger partial charge in [0.1, 0.15) is 0 Å². The predicted octanol–water partition coefficient (Wildman–Crippen LogP) is -0.812. The molecule has 0 bridgehead atoms. The van der Waals surface area contributed by atoms with Crippen molar-refractivity contribution in [1.29, 1.82) is 0 Å². The minimum atomic E-state index is -3.40. The van der Waals surface area contributed by atoms with Gasteiger partial charge in [-0.1, -0.05) is 0 Å². The number of aliphatic hydroxyl groups is 1. The maximum atomic E-state index is 10.6. The van der Waals surface area contributed by atoms with Crippen molar-refractivity contribution in [3.05, 3.63) is 0 Å². The first-order valence-electron chi connectivity index (χ1n) is 3.20. The lowest BCUT2D eigenvalue weighted by Gasteiger charge is -2.03. The van der Waals surface area contributed by atoms with Crippen molar-refractivity contribution < 1.29 is 13.5 Å². The molecule has 4 nitrogen and oxygen atoms in total. The Hall–Kier alpha value is -0.130. The average molecular weight is 165 g/mol. The summed E-state index contributed by atoms with van der Waals surface area (Å²) in [6.45, 7) is 0. The first kappa shape index (κ1) is 7.97. The molecule has 60 valence electrons. The monoisotopic (exact) mass is 165 g/mol. The lowest BCUT2D eigenvalue weighted by molar-refractivity contribution is 0.183. The van der Waals surface area contributed by atoms with Gasteiger partial charge in [0, 0.05) is 0 Å². The second-order valence-electron chi connectivity index (χ2n) is 2.68. The fraction of sp³-hybridized carbons (Fsp3) is 1.00. The molecular weight excluding hydrogens is 154 g/mol. The highest BCUT2D eigenvalue weighted by Gasteiger charge is 2.30. The van der Waals surface area contributed by atoms with Crippen molar-refractivity contribution in [1.82, 2.24) is 0 Å². The number of sulfonamides is 1. The van der Waals surface area contributed by atoms with Gasteiger partial charge >= 0.3 is 0 Å². The normalized spacial score (nSPS) is 34.6. The zero-order valence-electron chi connectivity index (χ0n) is 5.53. The minimum Gasteiger partial charge on any atom is -0.393 e. The van der Waals surface area contributed by atoms with Crippen LogP contribution < -0.4 is 5.14 Å². The predicted molar refractivity (Wildman–Crippen MR) is 36.8 cm³/mol. The Morgan fingerprint density at radius 3 is 2.20 bits per heavy atom. The highest BCUT2D eigenvalue weighted by Crippen LogP contribution is 2.23. The van der Waals surface area contributed by atoms with Crippen LogP contribution in [0.1, 0.15) is 19.3 Å². The lowest BCUT2D eigenvalue weighted by atomic mass is 10.3. The fourth-order valence-corrected chi connectivity index (χ4v) is 2.17. The number of nitrogens with two attached hydrogens (primary N) is 1. The van der Waals surface area contributed by atoms with Crippen LogP contribution in [0.4, 0.5) is 0 Å². The molecule has 1 fully saturated rings.